The lowest BCUT2D eigenvalue weighted by molar-refractivity contribution is -0.125. The van der Waals surface area contributed by atoms with Crippen LogP contribution in [0.5, 0.6) is 0 Å². The standard InChI is InChI=1S/C28H46/c1-18(2)8-7-9-19(3)23-10-11-24-22-16-20(4)28-17-21(28)12-15-27(28,6)25(22)13-14-26(23,24)5/h8,19-25H,7,9-17H2,1-6H3/t19-,20-,21+,22?,23?,24?,25?,26-,27-,28?/m1/s1. The smallest absolute Gasteiger partial charge is 0.0184 e. The van der Waals surface area contributed by atoms with E-state index < -0.39 is 0 Å². The van der Waals surface area contributed by atoms with Gasteiger partial charge in [-0.2, -0.15) is 0 Å². The van der Waals surface area contributed by atoms with E-state index in [1.54, 1.807) is 44.9 Å². The van der Waals surface area contributed by atoms with E-state index in [2.05, 4.69) is 47.6 Å². The van der Waals surface area contributed by atoms with Gasteiger partial charge in [0.2, 0.25) is 0 Å². The molecule has 0 aromatic carbocycles. The predicted octanol–water partition coefficient (Wildman–Crippen LogP) is 8.27. The lowest BCUT2D eigenvalue weighted by Gasteiger charge is -2.61. The van der Waals surface area contributed by atoms with Crippen molar-refractivity contribution in [2.45, 2.75) is 106 Å². The van der Waals surface area contributed by atoms with E-state index in [-0.39, 0.29) is 0 Å². The van der Waals surface area contributed by atoms with E-state index >= 15 is 0 Å². The Labute approximate surface area is 175 Å². The van der Waals surface area contributed by atoms with Crippen LogP contribution in [0.15, 0.2) is 11.6 Å². The van der Waals surface area contributed by atoms with Crippen molar-refractivity contribution in [2.24, 2.45) is 57.7 Å². The van der Waals surface area contributed by atoms with Gasteiger partial charge >= 0.3 is 0 Å². The maximum atomic E-state index is 2.77. The molecule has 5 saturated carbocycles. The zero-order valence-electron chi connectivity index (χ0n) is 19.7. The highest BCUT2D eigenvalue weighted by molar-refractivity contribution is 5.24. The summed E-state index contributed by atoms with van der Waals surface area (Å²) in [6, 6.07) is 0. The minimum atomic E-state index is 0.647. The van der Waals surface area contributed by atoms with Crippen LogP contribution in [-0.2, 0) is 0 Å². The first-order valence-corrected chi connectivity index (χ1v) is 12.9. The summed E-state index contributed by atoms with van der Waals surface area (Å²) in [6.07, 6.45) is 17.7. The van der Waals surface area contributed by atoms with Gasteiger partial charge < -0.3 is 0 Å². The second-order valence-electron chi connectivity index (χ2n) is 13.0. The summed E-state index contributed by atoms with van der Waals surface area (Å²) in [5.74, 6) is 7.17. The van der Waals surface area contributed by atoms with Crippen molar-refractivity contribution in [3.05, 3.63) is 11.6 Å². The highest BCUT2D eigenvalue weighted by Gasteiger charge is 2.76. The summed E-state index contributed by atoms with van der Waals surface area (Å²) < 4.78 is 0. The average molecular weight is 383 g/mol. The quantitative estimate of drug-likeness (QED) is 0.429. The Morgan fingerprint density at radius 2 is 1.82 bits per heavy atom. The SMILES string of the molecule is CC(C)=CCC[C@@H](C)C1CCC2C3C[C@@H](C)C45C[C@@H]4CC[C@]5(C)C3CC[C@@]21C. The molecule has 5 aliphatic carbocycles. The molecule has 158 valence electrons. The van der Waals surface area contributed by atoms with Crippen LogP contribution in [-0.4, -0.2) is 0 Å². The molecule has 10 atom stereocenters. The van der Waals surface area contributed by atoms with Crippen molar-refractivity contribution < 1.29 is 0 Å². The molecule has 0 aliphatic heterocycles. The number of fused-ring (bicyclic) bond motifs is 4. The summed E-state index contributed by atoms with van der Waals surface area (Å²) in [6.45, 7) is 15.3. The molecule has 5 rings (SSSR count). The van der Waals surface area contributed by atoms with Crippen molar-refractivity contribution in [3.63, 3.8) is 0 Å². The Bertz CT molecular complexity index is 655. The predicted molar refractivity (Wildman–Crippen MR) is 120 cm³/mol. The third-order valence-corrected chi connectivity index (χ3v) is 11.9. The van der Waals surface area contributed by atoms with Crippen molar-refractivity contribution in [1.29, 1.82) is 0 Å². The van der Waals surface area contributed by atoms with Crippen LogP contribution in [0.25, 0.3) is 0 Å². The van der Waals surface area contributed by atoms with Crippen LogP contribution < -0.4 is 0 Å². The van der Waals surface area contributed by atoms with E-state index in [0.29, 0.717) is 10.8 Å². The van der Waals surface area contributed by atoms with Gasteiger partial charge in [-0.05, 0) is 136 Å². The average Bonchev–Trinajstić information content (AvgIpc) is 3.15. The Kier molecular flexibility index (Phi) is 4.48. The first-order valence-electron chi connectivity index (χ1n) is 12.9. The minimum Gasteiger partial charge on any atom is -0.0859 e. The molecule has 0 aromatic rings. The number of rotatable bonds is 4. The van der Waals surface area contributed by atoms with Crippen molar-refractivity contribution in [2.75, 3.05) is 0 Å². The molecule has 0 nitrogen and oxygen atoms in total. The van der Waals surface area contributed by atoms with Crippen molar-refractivity contribution in [3.8, 4) is 0 Å². The zero-order chi connectivity index (χ0) is 19.9. The van der Waals surface area contributed by atoms with E-state index in [1.165, 1.54) is 24.8 Å². The molecular formula is C28H46. The van der Waals surface area contributed by atoms with Gasteiger partial charge in [-0.3, -0.25) is 0 Å². The first-order chi connectivity index (χ1) is 13.2. The summed E-state index contributed by atoms with van der Waals surface area (Å²) in [4.78, 5) is 0. The number of hydrogen-bond donors (Lipinski definition) is 0. The molecule has 28 heavy (non-hydrogen) atoms. The molecule has 1 spiro atoms. The van der Waals surface area contributed by atoms with E-state index in [9.17, 15) is 0 Å². The third-order valence-electron chi connectivity index (χ3n) is 11.9. The molecule has 0 radical (unpaired) electrons. The second kappa shape index (κ2) is 6.37. The largest absolute Gasteiger partial charge is 0.0859 e. The molecule has 5 unspecified atom stereocenters. The maximum Gasteiger partial charge on any atom is -0.0184 e. The molecule has 0 heterocycles. The molecular weight excluding hydrogens is 336 g/mol. The van der Waals surface area contributed by atoms with Gasteiger partial charge in [-0.1, -0.05) is 39.3 Å². The summed E-state index contributed by atoms with van der Waals surface area (Å²) in [7, 11) is 0. The summed E-state index contributed by atoms with van der Waals surface area (Å²) in [5.41, 5.74) is 3.64. The van der Waals surface area contributed by atoms with Gasteiger partial charge in [0.05, 0.1) is 0 Å². The van der Waals surface area contributed by atoms with E-state index in [1.807, 2.05) is 0 Å². The molecule has 0 N–H and O–H groups in total. The number of allylic oxidation sites excluding steroid dienone is 2. The lowest BCUT2D eigenvalue weighted by Crippen LogP contribution is -2.54. The highest BCUT2D eigenvalue weighted by Crippen LogP contribution is 2.83. The molecule has 0 saturated heterocycles. The van der Waals surface area contributed by atoms with Gasteiger partial charge in [0.15, 0.2) is 0 Å². The molecule has 0 aromatic heterocycles. The lowest BCUT2D eigenvalue weighted by atomic mass is 9.44. The Hall–Kier alpha value is -0.260. The van der Waals surface area contributed by atoms with Gasteiger partial charge in [-0.25, -0.2) is 0 Å². The van der Waals surface area contributed by atoms with Crippen LogP contribution in [0.3, 0.4) is 0 Å². The third kappa shape index (κ3) is 2.42. The fourth-order valence-electron chi connectivity index (χ4n) is 10.6. The van der Waals surface area contributed by atoms with Gasteiger partial charge in [-0.15, -0.1) is 0 Å². The van der Waals surface area contributed by atoms with Crippen LogP contribution in [0, 0.1) is 57.7 Å². The second-order valence-corrected chi connectivity index (χ2v) is 13.0. The van der Waals surface area contributed by atoms with Gasteiger partial charge in [0.1, 0.15) is 0 Å². The molecule has 5 aliphatic rings. The van der Waals surface area contributed by atoms with Crippen LogP contribution >= 0.6 is 0 Å². The summed E-state index contributed by atoms with van der Waals surface area (Å²) >= 11 is 0. The highest BCUT2D eigenvalue weighted by atomic mass is 14.8. The van der Waals surface area contributed by atoms with Crippen molar-refractivity contribution in [1.82, 2.24) is 0 Å². The van der Waals surface area contributed by atoms with E-state index in [4.69, 9.17) is 0 Å². The number of hydrogen-bond acceptors (Lipinski definition) is 0. The fourth-order valence-corrected chi connectivity index (χ4v) is 10.6. The van der Waals surface area contributed by atoms with Crippen LogP contribution in [0.4, 0.5) is 0 Å². The Morgan fingerprint density at radius 1 is 1.04 bits per heavy atom. The van der Waals surface area contributed by atoms with Crippen molar-refractivity contribution >= 4 is 0 Å². The maximum absolute atomic E-state index is 2.77. The van der Waals surface area contributed by atoms with Crippen LogP contribution in [0.1, 0.15) is 106 Å². The molecule has 5 fully saturated rings. The van der Waals surface area contributed by atoms with Gasteiger partial charge in [0, 0.05) is 0 Å². The monoisotopic (exact) mass is 382 g/mol. The fraction of sp³-hybridized carbons (Fsp3) is 0.929. The minimum absolute atomic E-state index is 0.647. The topological polar surface area (TPSA) is 0 Å². The zero-order valence-corrected chi connectivity index (χ0v) is 19.7. The Morgan fingerprint density at radius 3 is 2.54 bits per heavy atom. The molecule has 0 bridgehead atoms. The Balaban J connectivity index is 1.36. The first kappa shape index (κ1) is 19.7. The molecule has 0 amide bonds. The van der Waals surface area contributed by atoms with Crippen LogP contribution in [0.2, 0.25) is 0 Å². The molecule has 0 heteroatoms. The summed E-state index contributed by atoms with van der Waals surface area (Å²) in [5, 5.41) is 0. The normalized spacial score (nSPS) is 54.9. The van der Waals surface area contributed by atoms with Gasteiger partial charge in [0.25, 0.3) is 0 Å². The van der Waals surface area contributed by atoms with E-state index in [0.717, 1.165) is 46.8 Å².